The molecule has 29 heavy (non-hydrogen) atoms. The Hall–Kier alpha value is -2.36. The second-order valence-corrected chi connectivity index (χ2v) is 8.43. The number of likely N-dealkylation sites (N-methyl/N-ethyl adjacent to an activating group) is 2. The van der Waals surface area contributed by atoms with Crippen LogP contribution < -0.4 is 4.74 Å². The summed E-state index contributed by atoms with van der Waals surface area (Å²) in [4.78, 5) is 4.41. The summed E-state index contributed by atoms with van der Waals surface area (Å²) in [5, 5.41) is 0. The second kappa shape index (κ2) is 9.91. The summed E-state index contributed by atoms with van der Waals surface area (Å²) in [5.74, 6) is 0.973. The van der Waals surface area contributed by atoms with E-state index in [0.717, 1.165) is 31.7 Å². The van der Waals surface area contributed by atoms with Crippen LogP contribution in [0.25, 0.3) is 16.7 Å². The van der Waals surface area contributed by atoms with Crippen molar-refractivity contribution in [3.63, 3.8) is 0 Å². The van der Waals surface area contributed by atoms with Crippen LogP contribution in [0.1, 0.15) is 24.0 Å². The first-order valence-corrected chi connectivity index (χ1v) is 10.5. The monoisotopic (exact) mass is 390 g/mol. The fraction of sp³-hybridized carbons (Fsp3) is 0.385. The molecule has 0 radical (unpaired) electrons. The van der Waals surface area contributed by atoms with E-state index in [9.17, 15) is 0 Å². The number of allylic oxidation sites excluding steroid dienone is 3. The highest BCUT2D eigenvalue weighted by Crippen LogP contribution is 2.36. The summed E-state index contributed by atoms with van der Waals surface area (Å²) in [7, 11) is 8.43. The van der Waals surface area contributed by atoms with Crippen LogP contribution in [0.15, 0.2) is 60.2 Å². The molecule has 0 atom stereocenters. The minimum absolute atomic E-state index is 0.684. The summed E-state index contributed by atoms with van der Waals surface area (Å²) in [6, 6.07) is 15.3. The largest absolute Gasteiger partial charge is 0.492 e. The third-order valence-corrected chi connectivity index (χ3v) is 5.20. The van der Waals surface area contributed by atoms with E-state index in [1.807, 2.05) is 0 Å². The van der Waals surface area contributed by atoms with Crippen molar-refractivity contribution >= 4 is 5.57 Å². The number of ether oxygens (including phenoxy) is 1. The van der Waals surface area contributed by atoms with Crippen molar-refractivity contribution in [2.24, 2.45) is 0 Å². The molecule has 1 aliphatic carbocycles. The van der Waals surface area contributed by atoms with Crippen molar-refractivity contribution < 1.29 is 4.74 Å². The molecule has 2 aromatic carbocycles. The third-order valence-electron chi connectivity index (χ3n) is 5.20. The zero-order valence-electron chi connectivity index (χ0n) is 18.5. The van der Waals surface area contributed by atoms with Crippen LogP contribution in [0.4, 0.5) is 0 Å². The van der Waals surface area contributed by atoms with Crippen molar-refractivity contribution in [2.45, 2.75) is 19.8 Å². The summed E-state index contributed by atoms with van der Waals surface area (Å²) < 4.78 is 6.25. The fourth-order valence-corrected chi connectivity index (χ4v) is 3.75. The van der Waals surface area contributed by atoms with Crippen LogP contribution in [0, 0.1) is 6.92 Å². The predicted molar refractivity (Wildman–Crippen MR) is 125 cm³/mol. The maximum absolute atomic E-state index is 6.25. The Labute approximate surface area is 176 Å². The molecule has 2 aromatic rings. The van der Waals surface area contributed by atoms with Crippen LogP contribution in [0.5, 0.6) is 5.75 Å². The molecule has 0 fully saturated rings. The molecule has 0 unspecified atom stereocenters. The van der Waals surface area contributed by atoms with E-state index in [1.165, 1.54) is 33.4 Å². The smallest absolute Gasteiger partial charge is 0.127 e. The molecule has 0 N–H and O–H groups in total. The number of aryl methyl sites for hydroxylation is 1. The molecule has 0 amide bonds. The number of hydrogen-bond acceptors (Lipinski definition) is 3. The highest BCUT2D eigenvalue weighted by atomic mass is 16.5. The van der Waals surface area contributed by atoms with Gasteiger partial charge in [-0.05, 0) is 82.4 Å². The molecule has 0 bridgehead atoms. The molecule has 3 rings (SSSR count). The van der Waals surface area contributed by atoms with Gasteiger partial charge >= 0.3 is 0 Å². The average molecular weight is 391 g/mol. The van der Waals surface area contributed by atoms with Crippen LogP contribution >= 0.6 is 0 Å². The minimum Gasteiger partial charge on any atom is -0.492 e. The Morgan fingerprint density at radius 3 is 2.45 bits per heavy atom. The summed E-state index contributed by atoms with van der Waals surface area (Å²) >= 11 is 0. The van der Waals surface area contributed by atoms with Crippen LogP contribution in [0.3, 0.4) is 0 Å². The first-order chi connectivity index (χ1) is 13.9. The maximum atomic E-state index is 6.25. The number of rotatable bonds is 8. The second-order valence-electron chi connectivity index (χ2n) is 8.43. The van der Waals surface area contributed by atoms with Crippen molar-refractivity contribution in [2.75, 3.05) is 47.9 Å². The Bertz CT molecular complexity index is 893. The van der Waals surface area contributed by atoms with Gasteiger partial charge in [-0.3, -0.25) is 0 Å². The zero-order chi connectivity index (χ0) is 20.8. The summed E-state index contributed by atoms with van der Waals surface area (Å²) in [5.41, 5.74) is 7.77. The lowest BCUT2D eigenvalue weighted by Gasteiger charge is -2.22. The van der Waals surface area contributed by atoms with Gasteiger partial charge in [-0.25, -0.2) is 0 Å². The zero-order valence-corrected chi connectivity index (χ0v) is 18.5. The first kappa shape index (κ1) is 21.4. The Kier molecular flexibility index (Phi) is 7.29. The molecule has 3 heteroatoms. The van der Waals surface area contributed by atoms with Gasteiger partial charge in [0, 0.05) is 18.7 Å². The number of hydrogen-bond donors (Lipinski definition) is 0. The van der Waals surface area contributed by atoms with Gasteiger partial charge in [-0.15, -0.1) is 0 Å². The quantitative estimate of drug-likeness (QED) is 0.611. The molecule has 0 heterocycles. The van der Waals surface area contributed by atoms with Gasteiger partial charge in [0.2, 0.25) is 0 Å². The molecule has 0 aromatic heterocycles. The van der Waals surface area contributed by atoms with Gasteiger partial charge in [0.25, 0.3) is 0 Å². The molecule has 0 aliphatic heterocycles. The van der Waals surface area contributed by atoms with Gasteiger partial charge in [0.1, 0.15) is 12.4 Å². The number of benzene rings is 2. The Balaban J connectivity index is 2.05. The third kappa shape index (κ3) is 5.81. The van der Waals surface area contributed by atoms with Crippen molar-refractivity contribution in [3.8, 4) is 16.9 Å². The van der Waals surface area contributed by atoms with Crippen molar-refractivity contribution in [1.82, 2.24) is 9.80 Å². The maximum Gasteiger partial charge on any atom is 0.127 e. The van der Waals surface area contributed by atoms with E-state index in [0.29, 0.717) is 6.61 Å². The van der Waals surface area contributed by atoms with Gasteiger partial charge in [0.15, 0.2) is 0 Å². The van der Waals surface area contributed by atoms with E-state index in [2.05, 4.69) is 99.5 Å². The van der Waals surface area contributed by atoms with E-state index in [1.54, 1.807) is 0 Å². The first-order valence-electron chi connectivity index (χ1n) is 10.5. The van der Waals surface area contributed by atoms with E-state index >= 15 is 0 Å². The van der Waals surface area contributed by atoms with Crippen molar-refractivity contribution in [1.29, 1.82) is 0 Å². The van der Waals surface area contributed by atoms with Gasteiger partial charge in [-0.2, -0.15) is 0 Å². The van der Waals surface area contributed by atoms with Crippen molar-refractivity contribution in [3.05, 3.63) is 71.3 Å². The molecule has 0 saturated heterocycles. The van der Waals surface area contributed by atoms with Crippen LogP contribution in [0.2, 0.25) is 0 Å². The normalized spacial score (nSPS) is 14.2. The van der Waals surface area contributed by atoms with Gasteiger partial charge < -0.3 is 14.5 Å². The molecule has 3 nitrogen and oxygen atoms in total. The molecular weight excluding hydrogens is 356 g/mol. The number of nitrogens with zero attached hydrogens (tertiary/aromatic N) is 2. The Morgan fingerprint density at radius 2 is 1.72 bits per heavy atom. The van der Waals surface area contributed by atoms with Crippen LogP contribution in [-0.4, -0.2) is 57.7 Å². The molecule has 0 spiro atoms. The van der Waals surface area contributed by atoms with E-state index < -0.39 is 0 Å². The lowest BCUT2D eigenvalue weighted by atomic mass is 9.89. The highest BCUT2D eigenvalue weighted by Gasteiger charge is 2.16. The summed E-state index contributed by atoms with van der Waals surface area (Å²) in [6.45, 7) is 4.71. The fourth-order valence-electron chi connectivity index (χ4n) is 3.75. The topological polar surface area (TPSA) is 15.7 Å². The molecule has 1 aliphatic rings. The Morgan fingerprint density at radius 1 is 0.931 bits per heavy atom. The average Bonchev–Trinajstić information content (AvgIpc) is 2.68. The molecule has 0 saturated carbocycles. The lowest BCUT2D eigenvalue weighted by molar-refractivity contribution is 0.261. The standard InChI is InChI=1S/C26H34N2O/c1-20-9-8-11-21(17-20)22-13-14-26(29-16-15-27(2)3)25(18-22)24-12-7-6-10-23(24)19-28(4)5/h7-9,11-14,17-18H,6,10,15-16,19H2,1-5H3. The van der Waals surface area contributed by atoms with Gasteiger partial charge in [0.05, 0.1) is 0 Å². The highest BCUT2D eigenvalue weighted by molar-refractivity contribution is 5.84. The van der Waals surface area contributed by atoms with Gasteiger partial charge in [-0.1, -0.05) is 48.0 Å². The lowest BCUT2D eigenvalue weighted by Crippen LogP contribution is -2.20. The summed E-state index contributed by atoms with van der Waals surface area (Å²) in [6.07, 6.45) is 6.80. The predicted octanol–water partition coefficient (Wildman–Crippen LogP) is 5.27. The SMILES string of the molecule is Cc1cccc(-c2ccc(OCCN(C)C)c(C3=C(CN(C)C)CCC=C3)c2)c1. The van der Waals surface area contributed by atoms with E-state index in [4.69, 9.17) is 4.74 Å². The molecular formula is C26H34N2O. The van der Waals surface area contributed by atoms with E-state index in [-0.39, 0.29) is 0 Å². The van der Waals surface area contributed by atoms with Crippen LogP contribution in [-0.2, 0) is 0 Å². The minimum atomic E-state index is 0.684. The molecule has 154 valence electrons.